The predicted molar refractivity (Wildman–Crippen MR) is 57.8 cm³/mol. The molecule has 1 N–H and O–H groups in total. The Morgan fingerprint density at radius 1 is 1.47 bits per heavy atom. The summed E-state index contributed by atoms with van der Waals surface area (Å²) in [6.45, 7) is 4.28. The van der Waals surface area contributed by atoms with Gasteiger partial charge in [0, 0.05) is 5.92 Å². The molecule has 0 unspecified atom stereocenters. The summed E-state index contributed by atoms with van der Waals surface area (Å²) < 4.78 is 5.27. The maximum atomic E-state index is 10.7. The molecule has 3 nitrogen and oxygen atoms in total. The summed E-state index contributed by atoms with van der Waals surface area (Å²) in [4.78, 5) is 10.7. The van der Waals surface area contributed by atoms with E-state index in [4.69, 9.17) is 9.52 Å². The molecule has 0 fully saturated rings. The Morgan fingerprint density at radius 3 is 2.67 bits per heavy atom. The highest BCUT2D eigenvalue weighted by Gasteiger charge is 2.18. The molecule has 84 valence electrons. The van der Waals surface area contributed by atoms with Gasteiger partial charge in [0.15, 0.2) is 0 Å². The van der Waals surface area contributed by atoms with Gasteiger partial charge >= 0.3 is 5.97 Å². The fourth-order valence-corrected chi connectivity index (χ4v) is 1.61. The highest BCUT2D eigenvalue weighted by atomic mass is 16.4. The summed E-state index contributed by atoms with van der Waals surface area (Å²) >= 11 is 0. The summed E-state index contributed by atoms with van der Waals surface area (Å²) in [5.41, 5.74) is 0. The van der Waals surface area contributed by atoms with Crippen LogP contribution in [-0.4, -0.2) is 11.1 Å². The summed E-state index contributed by atoms with van der Waals surface area (Å²) in [5, 5.41) is 8.81. The van der Waals surface area contributed by atoms with Gasteiger partial charge in [0.1, 0.15) is 5.76 Å². The molecule has 1 aromatic heterocycles. The maximum Gasteiger partial charge on any atom is 0.304 e. The van der Waals surface area contributed by atoms with Crippen LogP contribution in [0.15, 0.2) is 22.8 Å². The molecule has 0 bridgehead atoms. The van der Waals surface area contributed by atoms with Gasteiger partial charge in [0.2, 0.25) is 0 Å². The standard InChI is InChI=1S/C12H18O3/c1-9(2)5-6-10(8-12(13)14)11-4-3-7-15-11/h3-4,7,9-10H,5-6,8H2,1-2H3,(H,13,14)/t10-/m1/s1. The number of furan rings is 1. The Morgan fingerprint density at radius 2 is 2.20 bits per heavy atom. The number of carbonyl (C=O) groups is 1. The molecule has 1 aromatic rings. The van der Waals surface area contributed by atoms with Gasteiger partial charge in [0.25, 0.3) is 0 Å². The second-order valence-corrected chi connectivity index (χ2v) is 4.28. The van der Waals surface area contributed by atoms with Gasteiger partial charge in [-0.15, -0.1) is 0 Å². The van der Waals surface area contributed by atoms with Gasteiger partial charge in [-0.1, -0.05) is 20.3 Å². The smallest absolute Gasteiger partial charge is 0.304 e. The lowest BCUT2D eigenvalue weighted by Gasteiger charge is -2.13. The third-order valence-electron chi connectivity index (χ3n) is 2.46. The van der Waals surface area contributed by atoms with Gasteiger partial charge in [-0.2, -0.15) is 0 Å². The molecule has 0 radical (unpaired) electrons. The zero-order valence-electron chi connectivity index (χ0n) is 9.27. The molecule has 0 aliphatic rings. The lowest BCUT2D eigenvalue weighted by molar-refractivity contribution is -0.137. The SMILES string of the molecule is CC(C)CC[C@H](CC(=O)O)c1ccco1. The van der Waals surface area contributed by atoms with E-state index in [1.165, 1.54) is 0 Å². The minimum absolute atomic E-state index is 0.0138. The van der Waals surface area contributed by atoms with E-state index in [-0.39, 0.29) is 12.3 Å². The Bertz CT molecular complexity index is 288. The molecule has 0 aliphatic heterocycles. The maximum absolute atomic E-state index is 10.7. The second-order valence-electron chi connectivity index (χ2n) is 4.28. The molecule has 1 heterocycles. The largest absolute Gasteiger partial charge is 0.481 e. The fourth-order valence-electron chi connectivity index (χ4n) is 1.61. The molecule has 0 aliphatic carbocycles. The zero-order valence-corrected chi connectivity index (χ0v) is 9.27. The first-order valence-electron chi connectivity index (χ1n) is 5.34. The third-order valence-corrected chi connectivity index (χ3v) is 2.46. The molecule has 1 atom stereocenters. The van der Waals surface area contributed by atoms with Crippen molar-refractivity contribution in [1.82, 2.24) is 0 Å². The number of carboxylic acids is 1. The quantitative estimate of drug-likeness (QED) is 0.783. The van der Waals surface area contributed by atoms with Crippen LogP contribution < -0.4 is 0 Å². The van der Waals surface area contributed by atoms with Crippen LogP contribution in [0.25, 0.3) is 0 Å². The summed E-state index contributed by atoms with van der Waals surface area (Å²) in [6.07, 6.45) is 3.65. The van der Waals surface area contributed by atoms with E-state index >= 15 is 0 Å². The van der Waals surface area contributed by atoms with Gasteiger partial charge < -0.3 is 9.52 Å². The zero-order chi connectivity index (χ0) is 11.3. The lowest BCUT2D eigenvalue weighted by atomic mass is 9.93. The van der Waals surface area contributed by atoms with Crippen molar-refractivity contribution in [1.29, 1.82) is 0 Å². The first-order chi connectivity index (χ1) is 7.09. The molecular weight excluding hydrogens is 192 g/mol. The first-order valence-corrected chi connectivity index (χ1v) is 5.34. The van der Waals surface area contributed by atoms with Crippen molar-refractivity contribution >= 4 is 5.97 Å². The normalized spacial score (nSPS) is 13.0. The van der Waals surface area contributed by atoms with E-state index in [2.05, 4.69) is 13.8 Å². The van der Waals surface area contributed by atoms with E-state index in [0.29, 0.717) is 5.92 Å². The highest BCUT2D eigenvalue weighted by Crippen LogP contribution is 2.26. The molecule has 0 amide bonds. The second kappa shape index (κ2) is 5.59. The monoisotopic (exact) mass is 210 g/mol. The van der Waals surface area contributed by atoms with Crippen molar-refractivity contribution in [2.45, 2.75) is 39.0 Å². The Kier molecular flexibility index (Phi) is 4.40. The number of hydrogen-bond donors (Lipinski definition) is 1. The van der Waals surface area contributed by atoms with Crippen molar-refractivity contribution in [2.24, 2.45) is 5.92 Å². The van der Waals surface area contributed by atoms with Gasteiger partial charge in [-0.25, -0.2) is 0 Å². The van der Waals surface area contributed by atoms with Crippen LogP contribution in [0.1, 0.15) is 44.8 Å². The lowest BCUT2D eigenvalue weighted by Crippen LogP contribution is -2.06. The van der Waals surface area contributed by atoms with Crippen LogP contribution in [0.5, 0.6) is 0 Å². The molecule has 0 saturated heterocycles. The minimum atomic E-state index is -0.764. The van der Waals surface area contributed by atoms with Crippen LogP contribution in [0, 0.1) is 5.92 Å². The first kappa shape index (κ1) is 11.8. The Labute approximate surface area is 90.1 Å². The van der Waals surface area contributed by atoms with Gasteiger partial charge in [-0.3, -0.25) is 4.79 Å². The molecule has 0 saturated carbocycles. The molecule has 15 heavy (non-hydrogen) atoms. The van der Waals surface area contributed by atoms with Gasteiger partial charge in [0.05, 0.1) is 12.7 Å². The number of aliphatic carboxylic acids is 1. The van der Waals surface area contributed by atoms with E-state index in [1.807, 2.05) is 6.07 Å². The molecular formula is C12H18O3. The van der Waals surface area contributed by atoms with Crippen LogP contribution in [-0.2, 0) is 4.79 Å². The molecule has 0 aromatic carbocycles. The minimum Gasteiger partial charge on any atom is -0.481 e. The number of carboxylic acid groups (broad SMARTS) is 1. The van der Waals surface area contributed by atoms with Crippen molar-refractivity contribution in [3.05, 3.63) is 24.2 Å². The van der Waals surface area contributed by atoms with Crippen molar-refractivity contribution in [2.75, 3.05) is 0 Å². The van der Waals surface area contributed by atoms with Crippen molar-refractivity contribution in [3.63, 3.8) is 0 Å². The Hall–Kier alpha value is -1.25. The van der Waals surface area contributed by atoms with Crippen LogP contribution >= 0.6 is 0 Å². The van der Waals surface area contributed by atoms with Crippen molar-refractivity contribution in [3.8, 4) is 0 Å². The average molecular weight is 210 g/mol. The van der Waals surface area contributed by atoms with E-state index in [9.17, 15) is 4.79 Å². The highest BCUT2D eigenvalue weighted by molar-refractivity contribution is 5.67. The average Bonchev–Trinajstić information content (AvgIpc) is 2.63. The van der Waals surface area contributed by atoms with E-state index in [0.717, 1.165) is 18.6 Å². The molecule has 0 spiro atoms. The number of hydrogen-bond acceptors (Lipinski definition) is 2. The van der Waals surface area contributed by atoms with Crippen LogP contribution in [0.4, 0.5) is 0 Å². The number of rotatable bonds is 6. The predicted octanol–water partition coefficient (Wildman–Crippen LogP) is 3.27. The molecule has 3 heteroatoms. The summed E-state index contributed by atoms with van der Waals surface area (Å²) in [6, 6.07) is 3.66. The van der Waals surface area contributed by atoms with Crippen LogP contribution in [0.3, 0.4) is 0 Å². The van der Waals surface area contributed by atoms with E-state index < -0.39 is 5.97 Å². The third kappa shape index (κ3) is 4.19. The summed E-state index contributed by atoms with van der Waals surface area (Å²) in [5.74, 6) is 0.634. The van der Waals surface area contributed by atoms with Gasteiger partial charge in [-0.05, 0) is 24.5 Å². The Balaban J connectivity index is 2.57. The molecule has 1 rings (SSSR count). The van der Waals surface area contributed by atoms with Crippen molar-refractivity contribution < 1.29 is 14.3 Å². The summed E-state index contributed by atoms with van der Waals surface area (Å²) in [7, 11) is 0. The topological polar surface area (TPSA) is 50.4 Å². The van der Waals surface area contributed by atoms with Crippen LogP contribution in [0.2, 0.25) is 0 Å². The fraction of sp³-hybridized carbons (Fsp3) is 0.583. The van der Waals surface area contributed by atoms with E-state index in [1.54, 1.807) is 12.3 Å².